The number of hydrogen-bond donors (Lipinski definition) is 0. The maximum Gasteiger partial charge on any atom is 0.416 e. The first kappa shape index (κ1) is 33.2. The molecular weight excluding hydrogens is 628 g/mol. The fourth-order valence-corrected chi connectivity index (χ4v) is 6.63. The second-order valence-electron chi connectivity index (χ2n) is 12.6. The Morgan fingerprint density at radius 3 is 2.46 bits per heavy atom. The lowest BCUT2D eigenvalue weighted by Gasteiger charge is -2.34. The van der Waals surface area contributed by atoms with Gasteiger partial charge in [-0.3, -0.25) is 4.90 Å². The largest absolute Gasteiger partial charge is 0.481 e. The number of aryl methyl sites for hydroxylation is 3. The van der Waals surface area contributed by atoms with Gasteiger partial charge in [-0.05, 0) is 63.4 Å². The van der Waals surface area contributed by atoms with Gasteiger partial charge in [0.2, 0.25) is 11.8 Å². The van der Waals surface area contributed by atoms with E-state index >= 15 is 0 Å². The summed E-state index contributed by atoms with van der Waals surface area (Å²) in [6.07, 6.45) is -0.693. The number of carbonyl (C=O) groups is 1. The van der Waals surface area contributed by atoms with Gasteiger partial charge < -0.3 is 18.9 Å². The molecule has 254 valence electrons. The standard InChI is InChI=1S/C35H38F4N6O3/c1-7-8-43-15-20(3)30(21(43)4)24-12-27(32(47-6)40-13-24)28-14-41-33(44-16-26(36)17-44)42-29(28)18-45-22(5)31(48-34(45)46)23-9-19(2)10-25(11-23)35(37,38)39/h9-15,22,26,31H,7-8,16-18H2,1-6H3/t22-,31-/m0/s1. The average molecular weight is 667 g/mol. The van der Waals surface area contributed by atoms with Crippen LogP contribution in [0.5, 0.6) is 5.88 Å². The van der Waals surface area contributed by atoms with Crippen molar-refractivity contribution in [2.75, 3.05) is 25.1 Å². The Morgan fingerprint density at radius 1 is 1.04 bits per heavy atom. The van der Waals surface area contributed by atoms with Crippen LogP contribution in [-0.2, 0) is 24.0 Å². The molecule has 0 spiro atoms. The van der Waals surface area contributed by atoms with Gasteiger partial charge in [0, 0.05) is 53.1 Å². The first-order valence-electron chi connectivity index (χ1n) is 15.9. The molecule has 0 saturated carbocycles. The number of methoxy groups -OCH3 is 1. The van der Waals surface area contributed by atoms with Crippen molar-refractivity contribution in [1.82, 2.24) is 24.4 Å². The zero-order valence-corrected chi connectivity index (χ0v) is 27.7. The Kier molecular flexibility index (Phi) is 8.82. The summed E-state index contributed by atoms with van der Waals surface area (Å²) in [7, 11) is 1.51. The number of aromatic nitrogens is 4. The zero-order valence-electron chi connectivity index (χ0n) is 27.7. The highest BCUT2D eigenvalue weighted by Crippen LogP contribution is 2.40. The second-order valence-corrected chi connectivity index (χ2v) is 12.6. The van der Waals surface area contributed by atoms with Gasteiger partial charge in [-0.2, -0.15) is 13.2 Å². The Hall–Kier alpha value is -4.68. The number of carbonyl (C=O) groups excluding carboxylic acids is 1. The lowest BCUT2D eigenvalue weighted by Crippen LogP contribution is -2.49. The molecule has 2 aliphatic heterocycles. The van der Waals surface area contributed by atoms with E-state index in [2.05, 4.69) is 41.5 Å². The molecule has 2 saturated heterocycles. The summed E-state index contributed by atoms with van der Waals surface area (Å²) < 4.78 is 68.3. The van der Waals surface area contributed by atoms with Crippen molar-refractivity contribution in [3.05, 3.63) is 76.5 Å². The molecule has 3 aromatic heterocycles. The van der Waals surface area contributed by atoms with Gasteiger partial charge in [0.1, 0.15) is 12.3 Å². The molecule has 0 radical (unpaired) electrons. The lowest BCUT2D eigenvalue weighted by atomic mass is 9.97. The zero-order chi connectivity index (χ0) is 34.5. The fraction of sp³-hybridized carbons (Fsp3) is 0.429. The Bertz CT molecular complexity index is 1850. The predicted octanol–water partition coefficient (Wildman–Crippen LogP) is 7.61. The van der Waals surface area contributed by atoms with Crippen LogP contribution in [-0.4, -0.2) is 62.9 Å². The third-order valence-corrected chi connectivity index (χ3v) is 9.07. The summed E-state index contributed by atoms with van der Waals surface area (Å²) in [6.45, 7) is 10.7. The van der Waals surface area contributed by atoms with Crippen LogP contribution in [0.3, 0.4) is 0 Å². The number of ether oxygens (including phenoxy) is 2. The highest BCUT2D eigenvalue weighted by atomic mass is 19.4. The van der Waals surface area contributed by atoms with Crippen molar-refractivity contribution in [3.63, 3.8) is 0 Å². The van der Waals surface area contributed by atoms with Crippen LogP contribution in [0.2, 0.25) is 0 Å². The fourth-order valence-electron chi connectivity index (χ4n) is 6.63. The summed E-state index contributed by atoms with van der Waals surface area (Å²) in [4.78, 5) is 30.5. The number of amides is 1. The molecule has 2 fully saturated rings. The van der Waals surface area contributed by atoms with Crippen molar-refractivity contribution in [2.45, 2.75) is 78.6 Å². The van der Waals surface area contributed by atoms with Crippen molar-refractivity contribution in [3.8, 4) is 28.1 Å². The summed E-state index contributed by atoms with van der Waals surface area (Å²) >= 11 is 0. The van der Waals surface area contributed by atoms with Crippen molar-refractivity contribution >= 4 is 12.0 Å². The number of rotatable bonds is 9. The molecule has 5 heterocycles. The minimum atomic E-state index is -4.55. The summed E-state index contributed by atoms with van der Waals surface area (Å²) in [6, 6.07) is 5.00. The molecule has 0 aliphatic carbocycles. The van der Waals surface area contributed by atoms with E-state index in [9.17, 15) is 22.4 Å². The van der Waals surface area contributed by atoms with E-state index in [0.29, 0.717) is 34.2 Å². The first-order valence-corrected chi connectivity index (χ1v) is 15.9. The van der Waals surface area contributed by atoms with E-state index in [1.54, 1.807) is 37.2 Å². The Labute approximate surface area is 276 Å². The van der Waals surface area contributed by atoms with E-state index in [4.69, 9.17) is 14.5 Å². The summed E-state index contributed by atoms with van der Waals surface area (Å²) in [5.41, 5.74) is 5.52. The molecule has 2 aliphatic rings. The maximum absolute atomic E-state index is 13.8. The number of pyridine rings is 1. The maximum atomic E-state index is 13.8. The highest BCUT2D eigenvalue weighted by molar-refractivity contribution is 5.79. The van der Waals surface area contributed by atoms with E-state index in [-0.39, 0.29) is 25.2 Å². The van der Waals surface area contributed by atoms with E-state index < -0.39 is 36.2 Å². The van der Waals surface area contributed by atoms with Gasteiger partial charge >= 0.3 is 12.3 Å². The molecule has 0 unspecified atom stereocenters. The number of cyclic esters (lactones) is 1. The lowest BCUT2D eigenvalue weighted by molar-refractivity contribution is -0.137. The topological polar surface area (TPSA) is 85.6 Å². The molecular formula is C35H38F4N6O3. The van der Waals surface area contributed by atoms with Crippen LogP contribution in [0, 0.1) is 20.8 Å². The summed E-state index contributed by atoms with van der Waals surface area (Å²) in [5.74, 6) is 0.626. The van der Waals surface area contributed by atoms with Crippen molar-refractivity contribution in [2.24, 2.45) is 0 Å². The van der Waals surface area contributed by atoms with E-state index in [0.717, 1.165) is 47.5 Å². The monoisotopic (exact) mass is 666 g/mol. The molecule has 1 amide bonds. The highest BCUT2D eigenvalue weighted by Gasteiger charge is 2.42. The van der Waals surface area contributed by atoms with E-state index in [1.165, 1.54) is 12.0 Å². The van der Waals surface area contributed by atoms with Crippen LogP contribution in [0.25, 0.3) is 22.3 Å². The second kappa shape index (κ2) is 12.7. The smallest absolute Gasteiger partial charge is 0.416 e. The van der Waals surface area contributed by atoms with Gasteiger partial charge in [0.25, 0.3) is 0 Å². The van der Waals surface area contributed by atoms with Crippen molar-refractivity contribution in [1.29, 1.82) is 0 Å². The number of anilines is 1. The summed E-state index contributed by atoms with van der Waals surface area (Å²) in [5, 5.41) is 0. The van der Waals surface area contributed by atoms with Crippen LogP contribution < -0.4 is 9.64 Å². The first-order chi connectivity index (χ1) is 22.8. The third-order valence-electron chi connectivity index (χ3n) is 9.07. The van der Waals surface area contributed by atoms with E-state index in [1.807, 2.05) is 6.07 Å². The van der Waals surface area contributed by atoms with Crippen LogP contribution in [0.1, 0.15) is 60.0 Å². The predicted molar refractivity (Wildman–Crippen MR) is 173 cm³/mol. The molecule has 2 atom stereocenters. The van der Waals surface area contributed by atoms with Gasteiger partial charge in [-0.15, -0.1) is 0 Å². The number of benzene rings is 1. The molecule has 13 heteroatoms. The minimum Gasteiger partial charge on any atom is -0.481 e. The molecule has 48 heavy (non-hydrogen) atoms. The molecule has 0 N–H and O–H groups in total. The third kappa shape index (κ3) is 6.17. The minimum absolute atomic E-state index is 0.0511. The quantitative estimate of drug-likeness (QED) is 0.170. The molecule has 4 aromatic rings. The van der Waals surface area contributed by atoms with Gasteiger partial charge in [-0.1, -0.05) is 18.6 Å². The average Bonchev–Trinajstić information content (AvgIpc) is 3.47. The number of hydrogen-bond acceptors (Lipinski definition) is 7. The van der Waals surface area contributed by atoms with Crippen molar-refractivity contribution < 1.29 is 31.8 Å². The number of halogens is 4. The van der Waals surface area contributed by atoms with Gasteiger partial charge in [0.05, 0.1) is 44.0 Å². The van der Waals surface area contributed by atoms with Gasteiger partial charge in [-0.25, -0.2) is 24.1 Å². The molecule has 9 nitrogen and oxygen atoms in total. The normalized spacial score (nSPS) is 18.3. The van der Waals surface area contributed by atoms with Crippen LogP contribution >= 0.6 is 0 Å². The Balaban J connectivity index is 1.41. The molecule has 6 rings (SSSR count). The van der Waals surface area contributed by atoms with Gasteiger partial charge in [0.15, 0.2) is 0 Å². The molecule has 0 bridgehead atoms. The number of nitrogens with zero attached hydrogens (tertiary/aromatic N) is 6. The SMILES string of the molecule is CCCn1cc(C)c(-c2cnc(OC)c(-c3cnc(N4CC(F)C4)nc3CN3C(=O)O[C@H](c4cc(C)cc(C(F)(F)F)c4)[C@@H]3C)c2)c1C. The molecule has 1 aromatic carbocycles. The Morgan fingerprint density at radius 2 is 1.79 bits per heavy atom. The number of alkyl halides is 4. The van der Waals surface area contributed by atoms with Crippen LogP contribution in [0.15, 0.2) is 42.9 Å². The van der Waals surface area contributed by atoms with Crippen LogP contribution in [0.4, 0.5) is 28.3 Å².